The summed E-state index contributed by atoms with van der Waals surface area (Å²) >= 11 is 0. The zero-order valence-electron chi connectivity index (χ0n) is 18.5. The van der Waals surface area contributed by atoms with Crippen molar-refractivity contribution in [3.63, 3.8) is 0 Å². The molecule has 1 amide bonds. The monoisotopic (exact) mass is 478 g/mol. The number of carbonyl (C=O) groups excluding carboxylic acids is 2. The number of methoxy groups -OCH3 is 1. The molecule has 0 radical (unpaired) electrons. The number of nitrogens with one attached hydrogen (secondary N) is 1. The largest absolute Gasteiger partial charge is 0.497 e. The third-order valence-electron chi connectivity index (χ3n) is 5.02. The van der Waals surface area contributed by atoms with E-state index in [9.17, 15) is 18.4 Å². The molecule has 0 aliphatic heterocycles. The molecule has 0 fully saturated rings. The maximum absolute atomic E-state index is 12.9. The first-order valence-electron chi connectivity index (χ1n) is 10.5. The van der Waals surface area contributed by atoms with Crippen LogP contribution in [0.5, 0.6) is 11.5 Å². The van der Waals surface area contributed by atoms with Crippen LogP contribution < -0.4 is 14.8 Å². The number of carbonyl (C=O) groups is 2. The van der Waals surface area contributed by atoms with Crippen LogP contribution in [0.25, 0.3) is 22.2 Å². The number of esters is 1. The first-order chi connectivity index (χ1) is 16.9. The number of pyridine rings is 1. The summed E-state index contributed by atoms with van der Waals surface area (Å²) in [4.78, 5) is 29.8. The maximum atomic E-state index is 12.9. The van der Waals surface area contributed by atoms with Crippen LogP contribution in [0.15, 0.2) is 78.9 Å². The highest BCUT2D eigenvalue weighted by Crippen LogP contribution is 2.27. The molecule has 1 N–H and O–H groups in total. The number of fused-ring (bicyclic) bond motifs is 1. The zero-order valence-corrected chi connectivity index (χ0v) is 18.5. The number of benzene rings is 3. The van der Waals surface area contributed by atoms with Gasteiger partial charge in [-0.1, -0.05) is 18.2 Å². The number of anilines is 1. The van der Waals surface area contributed by atoms with E-state index in [0.29, 0.717) is 28.0 Å². The number of ether oxygens (including phenoxy) is 3. The van der Waals surface area contributed by atoms with Gasteiger partial charge in [-0.2, -0.15) is 8.78 Å². The van der Waals surface area contributed by atoms with E-state index >= 15 is 0 Å². The van der Waals surface area contributed by atoms with Crippen molar-refractivity contribution >= 4 is 28.5 Å². The molecule has 7 nitrogen and oxygen atoms in total. The van der Waals surface area contributed by atoms with Crippen molar-refractivity contribution in [2.24, 2.45) is 0 Å². The number of nitrogens with zero attached hydrogens (tertiary/aromatic N) is 1. The molecule has 0 saturated heterocycles. The van der Waals surface area contributed by atoms with Crippen LogP contribution in [-0.4, -0.2) is 37.2 Å². The van der Waals surface area contributed by atoms with Crippen LogP contribution in [0, 0.1) is 0 Å². The highest BCUT2D eigenvalue weighted by Gasteiger charge is 2.17. The van der Waals surface area contributed by atoms with Crippen LogP contribution in [0.1, 0.15) is 10.4 Å². The van der Waals surface area contributed by atoms with Crippen molar-refractivity contribution in [1.82, 2.24) is 4.98 Å². The number of hydrogen-bond donors (Lipinski definition) is 1. The van der Waals surface area contributed by atoms with E-state index in [0.717, 1.165) is 5.56 Å². The van der Waals surface area contributed by atoms with E-state index in [2.05, 4.69) is 15.0 Å². The van der Waals surface area contributed by atoms with E-state index in [1.54, 1.807) is 43.5 Å². The van der Waals surface area contributed by atoms with Gasteiger partial charge in [-0.25, -0.2) is 9.78 Å². The third-order valence-corrected chi connectivity index (χ3v) is 5.02. The fraction of sp³-hybridized carbons (Fsp3) is 0.115. The van der Waals surface area contributed by atoms with Crippen molar-refractivity contribution in [3.8, 4) is 22.8 Å². The van der Waals surface area contributed by atoms with Gasteiger partial charge in [-0.15, -0.1) is 0 Å². The summed E-state index contributed by atoms with van der Waals surface area (Å²) in [6.45, 7) is -3.48. The lowest BCUT2D eigenvalue weighted by atomic mass is 10.0. The molecule has 0 aliphatic rings. The first kappa shape index (κ1) is 23.6. The SMILES string of the molecule is COc1ccc(-c2cc(C(=O)OCC(=O)Nc3ccc(OC(F)F)cc3)c3ccccc3n2)cc1. The van der Waals surface area contributed by atoms with Crippen molar-refractivity contribution in [3.05, 3.63) is 84.4 Å². The molecular formula is C26H20F2N2O5. The number of para-hydroxylation sites is 1. The van der Waals surface area contributed by atoms with Crippen molar-refractivity contribution in [2.45, 2.75) is 6.61 Å². The average molecular weight is 478 g/mol. The Labute approximate surface area is 199 Å². The number of alkyl halides is 2. The van der Waals surface area contributed by atoms with Gasteiger partial charge in [0.15, 0.2) is 6.61 Å². The molecule has 4 rings (SSSR count). The lowest BCUT2D eigenvalue weighted by Crippen LogP contribution is -2.21. The average Bonchev–Trinajstić information content (AvgIpc) is 2.87. The lowest BCUT2D eigenvalue weighted by Gasteiger charge is -2.11. The fourth-order valence-electron chi connectivity index (χ4n) is 3.38. The quantitative estimate of drug-likeness (QED) is 0.346. The molecule has 9 heteroatoms. The molecule has 4 aromatic rings. The molecule has 0 atom stereocenters. The number of hydrogen-bond acceptors (Lipinski definition) is 6. The van der Waals surface area contributed by atoms with E-state index in [1.807, 2.05) is 18.2 Å². The lowest BCUT2D eigenvalue weighted by molar-refractivity contribution is -0.119. The smallest absolute Gasteiger partial charge is 0.387 e. The Balaban J connectivity index is 1.48. The molecule has 0 bridgehead atoms. The Kier molecular flexibility index (Phi) is 7.15. The zero-order chi connectivity index (χ0) is 24.8. The van der Waals surface area contributed by atoms with Crippen LogP contribution >= 0.6 is 0 Å². The summed E-state index contributed by atoms with van der Waals surface area (Å²) < 4.78 is 39.2. The molecule has 35 heavy (non-hydrogen) atoms. The second-order valence-electron chi connectivity index (χ2n) is 7.33. The molecule has 1 aromatic heterocycles. The number of amides is 1. The van der Waals surface area contributed by atoms with Crippen LogP contribution in [-0.2, 0) is 9.53 Å². The van der Waals surface area contributed by atoms with Gasteiger partial charge in [0.25, 0.3) is 5.91 Å². The summed E-state index contributed by atoms with van der Waals surface area (Å²) in [6.07, 6.45) is 0. The minimum atomic E-state index is -2.94. The van der Waals surface area contributed by atoms with Gasteiger partial charge >= 0.3 is 12.6 Å². The summed E-state index contributed by atoms with van der Waals surface area (Å²) in [5.74, 6) is -0.623. The Bertz CT molecular complexity index is 1340. The van der Waals surface area contributed by atoms with Crippen LogP contribution in [0.4, 0.5) is 14.5 Å². The van der Waals surface area contributed by atoms with Gasteiger partial charge in [0, 0.05) is 16.6 Å². The summed E-state index contributed by atoms with van der Waals surface area (Å²) in [7, 11) is 1.57. The standard InChI is InChI=1S/C26H20F2N2O5/c1-33-18-10-6-16(7-11-18)23-14-21(20-4-2-3-5-22(20)30-23)25(32)34-15-24(31)29-17-8-12-19(13-9-17)35-26(27)28/h2-14,26H,15H2,1H3,(H,29,31). The normalized spacial score (nSPS) is 10.7. The van der Waals surface area contributed by atoms with E-state index in [1.165, 1.54) is 24.3 Å². The predicted molar refractivity (Wildman–Crippen MR) is 126 cm³/mol. The Morgan fingerprint density at radius 3 is 2.31 bits per heavy atom. The van der Waals surface area contributed by atoms with E-state index in [-0.39, 0.29) is 11.3 Å². The van der Waals surface area contributed by atoms with Gasteiger partial charge in [-0.3, -0.25) is 4.79 Å². The molecule has 0 aliphatic carbocycles. The predicted octanol–water partition coefficient (Wildman–Crippen LogP) is 5.31. The third kappa shape index (κ3) is 5.89. The van der Waals surface area contributed by atoms with Gasteiger partial charge in [0.05, 0.1) is 23.9 Å². The number of aromatic nitrogens is 1. The van der Waals surface area contributed by atoms with Gasteiger partial charge in [0.1, 0.15) is 11.5 Å². The minimum absolute atomic E-state index is 0.0401. The molecule has 0 unspecified atom stereocenters. The van der Waals surface area contributed by atoms with Gasteiger partial charge < -0.3 is 19.5 Å². The Morgan fingerprint density at radius 2 is 1.63 bits per heavy atom. The molecule has 1 heterocycles. The highest BCUT2D eigenvalue weighted by atomic mass is 19.3. The number of halogens is 2. The second kappa shape index (κ2) is 10.6. The van der Waals surface area contributed by atoms with Crippen LogP contribution in [0.3, 0.4) is 0 Å². The molecular weight excluding hydrogens is 458 g/mol. The summed E-state index contributed by atoms with van der Waals surface area (Å²) in [5.41, 5.74) is 2.55. The highest BCUT2D eigenvalue weighted by molar-refractivity contribution is 6.05. The molecule has 0 saturated carbocycles. The molecule has 3 aromatic carbocycles. The Morgan fingerprint density at radius 1 is 0.943 bits per heavy atom. The van der Waals surface area contributed by atoms with Crippen molar-refractivity contribution in [2.75, 3.05) is 19.0 Å². The van der Waals surface area contributed by atoms with Crippen molar-refractivity contribution < 1.29 is 32.6 Å². The van der Waals surface area contributed by atoms with Gasteiger partial charge in [-0.05, 0) is 60.7 Å². The first-order valence-corrected chi connectivity index (χ1v) is 10.5. The maximum Gasteiger partial charge on any atom is 0.387 e. The Hall–Kier alpha value is -4.53. The topological polar surface area (TPSA) is 86.8 Å². The molecule has 0 spiro atoms. The second-order valence-corrected chi connectivity index (χ2v) is 7.33. The van der Waals surface area contributed by atoms with Crippen molar-refractivity contribution in [1.29, 1.82) is 0 Å². The minimum Gasteiger partial charge on any atom is -0.497 e. The molecule has 178 valence electrons. The number of rotatable bonds is 8. The van der Waals surface area contributed by atoms with Crippen LogP contribution in [0.2, 0.25) is 0 Å². The van der Waals surface area contributed by atoms with E-state index in [4.69, 9.17) is 9.47 Å². The fourth-order valence-corrected chi connectivity index (χ4v) is 3.38. The summed E-state index contributed by atoms with van der Waals surface area (Å²) in [6, 6.07) is 21.4. The summed E-state index contributed by atoms with van der Waals surface area (Å²) in [5, 5.41) is 3.12. The van der Waals surface area contributed by atoms with E-state index < -0.39 is 25.1 Å². The van der Waals surface area contributed by atoms with Gasteiger partial charge in [0.2, 0.25) is 0 Å².